The number of hydrogen-bond acceptors (Lipinski definition) is 6. The van der Waals surface area contributed by atoms with Gasteiger partial charge < -0.3 is 27.9 Å². The summed E-state index contributed by atoms with van der Waals surface area (Å²) >= 11 is 0. The molecule has 0 saturated heterocycles. The number of methoxy groups -OCH3 is 1. The molecular weight excluding hydrogens is 513 g/mol. The Morgan fingerprint density at radius 2 is 1.18 bits per heavy atom. The summed E-state index contributed by atoms with van der Waals surface area (Å²) in [6.07, 6.45) is 28.0. The monoisotopic (exact) mass is 577 g/mol. The third kappa shape index (κ3) is 30.5. The average molecular weight is 578 g/mol. The molecule has 0 aliphatic heterocycles. The maximum Gasteiger partial charge on any atom is 0.268 e. The summed E-state index contributed by atoms with van der Waals surface area (Å²) in [6.45, 7) is 3.81. The molecule has 0 aromatic heterocycles. The van der Waals surface area contributed by atoms with Crippen molar-refractivity contribution in [2.24, 2.45) is 0 Å². The molecule has 234 valence electrons. The van der Waals surface area contributed by atoms with Crippen LogP contribution < -0.4 is 4.89 Å². The molecule has 0 amide bonds. The third-order valence-electron chi connectivity index (χ3n) is 6.87. The van der Waals surface area contributed by atoms with Gasteiger partial charge >= 0.3 is 0 Å². The molecule has 1 unspecified atom stereocenters. The van der Waals surface area contributed by atoms with E-state index in [1.165, 1.54) is 110 Å². The number of ether oxygens (including phenoxy) is 2. The van der Waals surface area contributed by atoms with Gasteiger partial charge in [-0.2, -0.15) is 0 Å². The molecule has 0 rings (SSSR count). The fourth-order valence-corrected chi connectivity index (χ4v) is 4.92. The second-order valence-corrected chi connectivity index (χ2v) is 13.3. The van der Waals surface area contributed by atoms with E-state index in [9.17, 15) is 9.46 Å². The molecule has 0 aliphatic rings. The molecule has 0 aliphatic carbocycles. The largest absolute Gasteiger partial charge is 0.756 e. The molecule has 0 spiro atoms. The van der Waals surface area contributed by atoms with Crippen molar-refractivity contribution >= 4 is 7.82 Å². The first kappa shape index (κ1) is 38.7. The zero-order valence-corrected chi connectivity index (χ0v) is 27.2. The van der Waals surface area contributed by atoms with Gasteiger partial charge in [0.05, 0.1) is 34.4 Å². The van der Waals surface area contributed by atoms with Crippen LogP contribution in [-0.4, -0.2) is 71.8 Å². The van der Waals surface area contributed by atoms with Crippen LogP contribution in [0.5, 0.6) is 0 Å². The number of quaternary nitrogens is 1. The standard InChI is InChI=1S/C31H64NO6P/c1-6-7-8-9-10-11-12-13-14-15-16-17-18-19-20-21-22-23-24-25-27-36-29-31(35-5)30-38-39(33,34)37-28-26-32(2,3)4/h14-15,31H,6-13,16-30H2,1-5H3/b15-14-/t31-/m1/s1. The topological polar surface area (TPSA) is 77.1 Å². The van der Waals surface area contributed by atoms with Crippen LogP contribution >= 0.6 is 7.82 Å². The lowest BCUT2D eigenvalue weighted by atomic mass is 10.1. The Labute approximate surface area is 242 Å². The lowest BCUT2D eigenvalue weighted by Crippen LogP contribution is -2.37. The number of phosphoric acid groups is 1. The zero-order chi connectivity index (χ0) is 29.1. The van der Waals surface area contributed by atoms with Gasteiger partial charge in [-0.15, -0.1) is 0 Å². The van der Waals surface area contributed by atoms with Gasteiger partial charge in [-0.25, -0.2) is 0 Å². The van der Waals surface area contributed by atoms with Crippen molar-refractivity contribution in [3.05, 3.63) is 12.2 Å². The van der Waals surface area contributed by atoms with Crippen molar-refractivity contribution in [2.75, 3.05) is 61.2 Å². The highest BCUT2D eigenvalue weighted by atomic mass is 31.2. The van der Waals surface area contributed by atoms with E-state index in [1.807, 2.05) is 21.1 Å². The average Bonchev–Trinajstić information content (AvgIpc) is 2.88. The Morgan fingerprint density at radius 3 is 1.67 bits per heavy atom. The highest BCUT2D eigenvalue weighted by molar-refractivity contribution is 7.45. The summed E-state index contributed by atoms with van der Waals surface area (Å²) < 4.78 is 33.3. The summed E-state index contributed by atoms with van der Waals surface area (Å²) in [5.41, 5.74) is 0. The Bertz CT molecular complexity index is 596. The minimum absolute atomic E-state index is 0.0927. The first-order valence-electron chi connectivity index (χ1n) is 15.9. The van der Waals surface area contributed by atoms with Gasteiger partial charge in [-0.1, -0.05) is 103 Å². The van der Waals surface area contributed by atoms with Crippen LogP contribution in [0.1, 0.15) is 122 Å². The van der Waals surface area contributed by atoms with Gasteiger partial charge in [0.25, 0.3) is 7.82 Å². The lowest BCUT2D eigenvalue weighted by Gasteiger charge is -2.28. The quantitative estimate of drug-likeness (QED) is 0.0375. The highest BCUT2D eigenvalue weighted by Crippen LogP contribution is 2.38. The molecular formula is C31H64NO6P. The summed E-state index contributed by atoms with van der Waals surface area (Å²) in [4.78, 5) is 11.9. The van der Waals surface area contributed by atoms with E-state index < -0.39 is 13.9 Å². The van der Waals surface area contributed by atoms with Crippen molar-refractivity contribution < 1.29 is 32.5 Å². The normalized spacial score (nSPS) is 14.7. The Morgan fingerprint density at radius 1 is 0.692 bits per heavy atom. The van der Waals surface area contributed by atoms with Gasteiger partial charge in [0.1, 0.15) is 19.3 Å². The van der Waals surface area contributed by atoms with E-state index in [-0.39, 0.29) is 13.2 Å². The van der Waals surface area contributed by atoms with Crippen LogP contribution in [0, 0.1) is 0 Å². The summed E-state index contributed by atoms with van der Waals surface area (Å²) in [6, 6.07) is 0. The van der Waals surface area contributed by atoms with Crippen LogP contribution in [0.4, 0.5) is 0 Å². The number of nitrogens with zero attached hydrogens (tertiary/aromatic N) is 1. The fraction of sp³-hybridized carbons (Fsp3) is 0.935. The van der Waals surface area contributed by atoms with E-state index in [0.29, 0.717) is 24.2 Å². The van der Waals surface area contributed by atoms with E-state index >= 15 is 0 Å². The SMILES string of the molecule is CCCCCCCCC/C=C\CCCCCCCCCCCOC[C@H](COP(=O)([O-])OCC[N+](C)(C)C)OC. The maximum atomic E-state index is 11.9. The zero-order valence-electron chi connectivity index (χ0n) is 26.3. The summed E-state index contributed by atoms with van der Waals surface area (Å²) in [5, 5.41) is 0. The van der Waals surface area contributed by atoms with Crippen molar-refractivity contribution in [1.82, 2.24) is 0 Å². The minimum atomic E-state index is -4.33. The molecule has 39 heavy (non-hydrogen) atoms. The predicted octanol–water partition coefficient (Wildman–Crippen LogP) is 7.82. The molecule has 0 heterocycles. The van der Waals surface area contributed by atoms with Gasteiger partial charge in [0.2, 0.25) is 0 Å². The van der Waals surface area contributed by atoms with Crippen molar-refractivity contribution in [1.29, 1.82) is 0 Å². The molecule has 0 radical (unpaired) electrons. The van der Waals surface area contributed by atoms with Crippen molar-refractivity contribution in [2.45, 2.75) is 129 Å². The van der Waals surface area contributed by atoms with Gasteiger partial charge in [0, 0.05) is 13.7 Å². The Balaban J connectivity index is 3.46. The van der Waals surface area contributed by atoms with E-state index in [0.717, 1.165) is 12.8 Å². The van der Waals surface area contributed by atoms with Gasteiger partial charge in [-0.3, -0.25) is 4.57 Å². The summed E-state index contributed by atoms with van der Waals surface area (Å²) in [7, 11) is 3.11. The smallest absolute Gasteiger partial charge is 0.268 e. The predicted molar refractivity (Wildman–Crippen MR) is 162 cm³/mol. The molecule has 0 fully saturated rings. The summed E-state index contributed by atoms with van der Waals surface area (Å²) in [5.74, 6) is 0. The van der Waals surface area contributed by atoms with Crippen LogP contribution in [-0.2, 0) is 23.1 Å². The first-order valence-corrected chi connectivity index (χ1v) is 17.3. The molecule has 0 N–H and O–H groups in total. The Hall–Kier alpha value is -0.270. The van der Waals surface area contributed by atoms with Crippen LogP contribution in [0.15, 0.2) is 12.2 Å². The maximum absolute atomic E-state index is 11.9. The number of likely N-dealkylation sites (N-methyl/N-ethyl adjacent to an activating group) is 1. The second kappa shape index (κ2) is 26.6. The molecule has 0 aromatic rings. The van der Waals surface area contributed by atoms with Crippen molar-refractivity contribution in [3.63, 3.8) is 0 Å². The van der Waals surface area contributed by atoms with Gasteiger partial charge in [0.15, 0.2) is 0 Å². The molecule has 0 bridgehead atoms. The van der Waals surface area contributed by atoms with Crippen molar-refractivity contribution in [3.8, 4) is 0 Å². The minimum Gasteiger partial charge on any atom is -0.756 e. The first-order chi connectivity index (χ1) is 18.7. The fourth-order valence-electron chi connectivity index (χ4n) is 4.20. The third-order valence-corrected chi connectivity index (χ3v) is 7.83. The van der Waals surface area contributed by atoms with Gasteiger partial charge in [-0.05, 0) is 32.1 Å². The van der Waals surface area contributed by atoms with E-state index in [2.05, 4.69) is 19.1 Å². The number of hydrogen-bond donors (Lipinski definition) is 0. The molecule has 2 atom stereocenters. The highest BCUT2D eigenvalue weighted by Gasteiger charge is 2.16. The number of unbranched alkanes of at least 4 members (excludes halogenated alkanes) is 16. The lowest BCUT2D eigenvalue weighted by molar-refractivity contribution is -0.870. The van der Waals surface area contributed by atoms with E-state index in [1.54, 1.807) is 0 Å². The number of rotatable bonds is 30. The Kier molecular flexibility index (Phi) is 26.4. The number of allylic oxidation sites excluding steroid dienone is 2. The molecule has 0 saturated carbocycles. The number of phosphoric ester groups is 1. The molecule has 7 nitrogen and oxygen atoms in total. The van der Waals surface area contributed by atoms with Crippen LogP contribution in [0.3, 0.4) is 0 Å². The molecule has 8 heteroatoms. The van der Waals surface area contributed by atoms with Crippen LogP contribution in [0.2, 0.25) is 0 Å². The second-order valence-electron chi connectivity index (χ2n) is 11.9. The van der Waals surface area contributed by atoms with E-state index in [4.69, 9.17) is 18.5 Å². The van der Waals surface area contributed by atoms with Crippen LogP contribution in [0.25, 0.3) is 0 Å². The molecule has 0 aromatic carbocycles.